The fourth-order valence-electron chi connectivity index (χ4n) is 2.90. The highest BCUT2D eigenvalue weighted by Gasteiger charge is 2.24. The normalized spacial score (nSPS) is 17.6. The van der Waals surface area contributed by atoms with E-state index in [1.54, 1.807) is 13.3 Å². The molecule has 2 aromatic rings. The van der Waals surface area contributed by atoms with Gasteiger partial charge in [-0.2, -0.15) is 11.8 Å². The highest BCUT2D eigenvalue weighted by Crippen LogP contribution is 2.30. The van der Waals surface area contributed by atoms with Crippen molar-refractivity contribution in [2.45, 2.75) is 18.6 Å². The maximum absolute atomic E-state index is 12.9. The molecule has 0 saturated carbocycles. The van der Waals surface area contributed by atoms with Crippen molar-refractivity contribution >= 4 is 17.7 Å². The Labute approximate surface area is 147 Å². The minimum absolute atomic E-state index is 0.0913. The van der Waals surface area contributed by atoms with E-state index in [1.807, 2.05) is 53.1 Å². The van der Waals surface area contributed by atoms with E-state index in [4.69, 9.17) is 4.74 Å². The van der Waals surface area contributed by atoms with Gasteiger partial charge < -0.3 is 9.64 Å². The maximum atomic E-state index is 12.9. The van der Waals surface area contributed by atoms with Crippen molar-refractivity contribution in [1.29, 1.82) is 0 Å². The number of rotatable bonds is 4. The lowest BCUT2D eigenvalue weighted by atomic mass is 10.0. The molecule has 0 radical (unpaired) electrons. The smallest absolute Gasteiger partial charge is 0.253 e. The number of hydrogen-bond donors (Lipinski definition) is 0. The fraction of sp³-hybridized carbons (Fsp3) is 0.368. The van der Waals surface area contributed by atoms with E-state index in [1.165, 1.54) is 0 Å². The summed E-state index contributed by atoms with van der Waals surface area (Å²) in [7, 11) is 1.64. The van der Waals surface area contributed by atoms with Gasteiger partial charge in [0, 0.05) is 41.4 Å². The van der Waals surface area contributed by atoms with Gasteiger partial charge in [-0.3, -0.25) is 9.78 Å². The molecule has 1 unspecified atom stereocenters. The summed E-state index contributed by atoms with van der Waals surface area (Å²) >= 11 is 1.96. The SMILES string of the molecule is CCC1CN(C(=O)c2ccc(OC)c(-c3ccccn3)c2)CCS1. The van der Waals surface area contributed by atoms with Crippen LogP contribution < -0.4 is 4.74 Å². The average molecular weight is 342 g/mol. The molecule has 1 aliphatic heterocycles. The standard InChI is InChI=1S/C19H22N2O2S/c1-3-15-13-21(10-11-24-15)19(22)14-7-8-18(23-2)16(12-14)17-6-4-5-9-20-17/h4-9,12,15H,3,10-11,13H2,1-2H3. The Morgan fingerprint density at radius 1 is 1.38 bits per heavy atom. The predicted molar refractivity (Wildman–Crippen MR) is 98.7 cm³/mol. The molecule has 1 atom stereocenters. The Kier molecular flexibility index (Phi) is 5.41. The summed E-state index contributed by atoms with van der Waals surface area (Å²) in [5.41, 5.74) is 2.35. The van der Waals surface area contributed by atoms with Gasteiger partial charge in [0.1, 0.15) is 5.75 Å². The minimum Gasteiger partial charge on any atom is -0.496 e. The zero-order chi connectivity index (χ0) is 16.9. The molecule has 24 heavy (non-hydrogen) atoms. The summed E-state index contributed by atoms with van der Waals surface area (Å²) in [6.07, 6.45) is 2.84. The molecule has 0 N–H and O–H groups in total. The fourth-order valence-corrected chi connectivity index (χ4v) is 4.08. The molecular weight excluding hydrogens is 320 g/mol. The van der Waals surface area contributed by atoms with Crippen molar-refractivity contribution in [3.05, 3.63) is 48.2 Å². The van der Waals surface area contributed by atoms with E-state index in [9.17, 15) is 4.79 Å². The van der Waals surface area contributed by atoms with Gasteiger partial charge in [0.2, 0.25) is 0 Å². The first kappa shape index (κ1) is 16.8. The maximum Gasteiger partial charge on any atom is 0.253 e. The number of aromatic nitrogens is 1. The van der Waals surface area contributed by atoms with Gasteiger partial charge in [0.05, 0.1) is 12.8 Å². The van der Waals surface area contributed by atoms with Crippen LogP contribution in [0.2, 0.25) is 0 Å². The molecule has 3 rings (SSSR count). The monoisotopic (exact) mass is 342 g/mol. The summed E-state index contributed by atoms with van der Waals surface area (Å²) < 4.78 is 5.45. The number of amides is 1. The summed E-state index contributed by atoms with van der Waals surface area (Å²) in [5, 5.41) is 0.538. The van der Waals surface area contributed by atoms with Crippen LogP contribution in [0.5, 0.6) is 5.75 Å². The van der Waals surface area contributed by atoms with Crippen molar-refractivity contribution in [3.63, 3.8) is 0 Å². The van der Waals surface area contributed by atoms with Crippen LogP contribution in [0.3, 0.4) is 0 Å². The molecule has 0 bridgehead atoms. The number of thioether (sulfide) groups is 1. The number of nitrogens with zero attached hydrogens (tertiary/aromatic N) is 2. The second-order valence-electron chi connectivity index (χ2n) is 5.78. The minimum atomic E-state index is 0.0913. The summed E-state index contributed by atoms with van der Waals surface area (Å²) in [5.74, 6) is 1.83. The topological polar surface area (TPSA) is 42.4 Å². The zero-order valence-corrected chi connectivity index (χ0v) is 14.9. The molecule has 1 aromatic carbocycles. The Bertz CT molecular complexity index is 706. The van der Waals surface area contributed by atoms with Crippen LogP contribution >= 0.6 is 11.8 Å². The highest BCUT2D eigenvalue weighted by molar-refractivity contribution is 8.00. The Balaban J connectivity index is 1.90. The second kappa shape index (κ2) is 7.71. The first-order valence-electron chi connectivity index (χ1n) is 8.23. The summed E-state index contributed by atoms with van der Waals surface area (Å²) in [4.78, 5) is 19.3. The Morgan fingerprint density at radius 3 is 2.96 bits per heavy atom. The number of benzene rings is 1. The van der Waals surface area contributed by atoms with Crippen LogP contribution in [0, 0.1) is 0 Å². The van der Waals surface area contributed by atoms with E-state index < -0.39 is 0 Å². The zero-order valence-electron chi connectivity index (χ0n) is 14.1. The van der Waals surface area contributed by atoms with E-state index >= 15 is 0 Å². The molecular formula is C19H22N2O2S. The summed E-state index contributed by atoms with van der Waals surface area (Å²) in [6, 6.07) is 11.3. The van der Waals surface area contributed by atoms with Gasteiger partial charge >= 0.3 is 0 Å². The largest absolute Gasteiger partial charge is 0.496 e. The molecule has 2 heterocycles. The van der Waals surface area contributed by atoms with Crippen LogP contribution in [0.1, 0.15) is 23.7 Å². The molecule has 0 aliphatic carbocycles. The molecule has 126 valence electrons. The molecule has 4 nitrogen and oxygen atoms in total. The van der Waals surface area contributed by atoms with Gasteiger partial charge in [-0.1, -0.05) is 13.0 Å². The lowest BCUT2D eigenvalue weighted by Gasteiger charge is -2.32. The third-order valence-corrected chi connectivity index (χ3v) is 5.64. The molecule has 5 heteroatoms. The van der Waals surface area contributed by atoms with Crippen molar-refractivity contribution in [2.24, 2.45) is 0 Å². The molecule has 1 amide bonds. The van der Waals surface area contributed by atoms with Gasteiger partial charge in [0.15, 0.2) is 0 Å². The highest BCUT2D eigenvalue weighted by atomic mass is 32.2. The molecule has 1 aliphatic rings. The lowest BCUT2D eigenvalue weighted by molar-refractivity contribution is 0.0761. The van der Waals surface area contributed by atoms with E-state index in [0.29, 0.717) is 10.8 Å². The molecule has 1 aromatic heterocycles. The lowest BCUT2D eigenvalue weighted by Crippen LogP contribution is -2.41. The second-order valence-corrected chi connectivity index (χ2v) is 7.19. The first-order chi connectivity index (χ1) is 11.7. The number of pyridine rings is 1. The first-order valence-corrected chi connectivity index (χ1v) is 9.28. The van der Waals surface area contributed by atoms with Crippen LogP contribution in [0.4, 0.5) is 0 Å². The van der Waals surface area contributed by atoms with Crippen molar-refractivity contribution in [2.75, 3.05) is 26.0 Å². The number of methoxy groups -OCH3 is 1. The van der Waals surface area contributed by atoms with Crippen LogP contribution in [-0.4, -0.2) is 47.0 Å². The predicted octanol–water partition coefficient (Wildman–Crippen LogP) is 3.72. The van der Waals surface area contributed by atoms with Gasteiger partial charge in [0.25, 0.3) is 5.91 Å². The Hall–Kier alpha value is -2.01. The van der Waals surface area contributed by atoms with Crippen molar-refractivity contribution < 1.29 is 9.53 Å². The van der Waals surface area contributed by atoms with Crippen molar-refractivity contribution in [1.82, 2.24) is 9.88 Å². The number of carbonyl (C=O) groups is 1. The van der Waals surface area contributed by atoms with Crippen LogP contribution in [-0.2, 0) is 0 Å². The molecule has 0 spiro atoms. The third kappa shape index (κ3) is 3.56. The van der Waals surface area contributed by atoms with E-state index in [-0.39, 0.29) is 5.91 Å². The molecule has 1 saturated heterocycles. The number of hydrogen-bond acceptors (Lipinski definition) is 4. The quantitative estimate of drug-likeness (QED) is 0.849. The van der Waals surface area contributed by atoms with Crippen LogP contribution in [0.15, 0.2) is 42.6 Å². The van der Waals surface area contributed by atoms with E-state index in [0.717, 1.165) is 42.3 Å². The van der Waals surface area contributed by atoms with Crippen molar-refractivity contribution in [3.8, 4) is 17.0 Å². The Morgan fingerprint density at radius 2 is 2.25 bits per heavy atom. The van der Waals surface area contributed by atoms with Gasteiger partial charge in [-0.05, 0) is 36.8 Å². The third-order valence-electron chi connectivity index (χ3n) is 4.27. The molecule has 1 fully saturated rings. The average Bonchev–Trinajstić information content (AvgIpc) is 2.67. The van der Waals surface area contributed by atoms with E-state index in [2.05, 4.69) is 11.9 Å². The van der Waals surface area contributed by atoms with Gasteiger partial charge in [-0.25, -0.2) is 0 Å². The van der Waals surface area contributed by atoms with Crippen LogP contribution in [0.25, 0.3) is 11.3 Å². The van der Waals surface area contributed by atoms with Gasteiger partial charge in [-0.15, -0.1) is 0 Å². The number of carbonyl (C=O) groups excluding carboxylic acids is 1. The summed E-state index contributed by atoms with van der Waals surface area (Å²) in [6.45, 7) is 3.81. The number of ether oxygens (including phenoxy) is 1.